The van der Waals surface area contributed by atoms with Gasteiger partial charge < -0.3 is 4.90 Å². The standard InChI is InChI=1S/C23H30N4O4/c1-15(2)4-3-9-25-10-12-26(13-11-25)16-5-6-17-18(14-16)23(31)27(22(17)30)19-7-8-20(28)24-21(19)29/h5-6,14-15,19H,3-4,7-13H2,1-2H3,(H,24,28,29). The number of rotatable bonds is 6. The number of amides is 4. The van der Waals surface area contributed by atoms with E-state index in [0.29, 0.717) is 11.1 Å². The van der Waals surface area contributed by atoms with Crippen molar-refractivity contribution in [2.45, 2.75) is 45.6 Å². The van der Waals surface area contributed by atoms with E-state index < -0.39 is 23.8 Å². The first-order valence-corrected chi connectivity index (χ1v) is 11.2. The molecule has 8 heteroatoms. The number of imide groups is 2. The van der Waals surface area contributed by atoms with Gasteiger partial charge in [-0.1, -0.05) is 13.8 Å². The van der Waals surface area contributed by atoms with Crippen molar-refractivity contribution in [3.05, 3.63) is 29.3 Å². The summed E-state index contributed by atoms with van der Waals surface area (Å²) < 4.78 is 0. The number of nitrogens with one attached hydrogen (secondary N) is 1. The molecule has 2 fully saturated rings. The molecular weight excluding hydrogens is 396 g/mol. The van der Waals surface area contributed by atoms with Crippen molar-refractivity contribution >= 4 is 29.3 Å². The van der Waals surface area contributed by atoms with Gasteiger partial charge >= 0.3 is 0 Å². The van der Waals surface area contributed by atoms with Crippen molar-refractivity contribution in [3.63, 3.8) is 0 Å². The first-order valence-electron chi connectivity index (χ1n) is 11.2. The maximum absolute atomic E-state index is 13.0. The van der Waals surface area contributed by atoms with Crippen LogP contribution in [0, 0.1) is 5.92 Å². The van der Waals surface area contributed by atoms with E-state index in [-0.39, 0.29) is 18.7 Å². The van der Waals surface area contributed by atoms with Crippen LogP contribution in [0.3, 0.4) is 0 Å². The third kappa shape index (κ3) is 4.35. The zero-order valence-electron chi connectivity index (χ0n) is 18.2. The highest BCUT2D eigenvalue weighted by atomic mass is 16.2. The van der Waals surface area contributed by atoms with Crippen molar-refractivity contribution in [1.82, 2.24) is 15.1 Å². The Hall–Kier alpha value is -2.74. The topological polar surface area (TPSA) is 90.0 Å². The van der Waals surface area contributed by atoms with Gasteiger partial charge in [0.05, 0.1) is 11.1 Å². The summed E-state index contributed by atoms with van der Waals surface area (Å²) >= 11 is 0. The summed E-state index contributed by atoms with van der Waals surface area (Å²) in [5.74, 6) is -1.14. The van der Waals surface area contributed by atoms with Crippen molar-refractivity contribution < 1.29 is 19.2 Å². The molecule has 3 aliphatic rings. The number of benzene rings is 1. The molecule has 0 spiro atoms. The number of piperazine rings is 1. The van der Waals surface area contributed by atoms with Gasteiger partial charge in [-0.2, -0.15) is 0 Å². The molecule has 3 aliphatic heterocycles. The van der Waals surface area contributed by atoms with Crippen LogP contribution in [-0.2, 0) is 9.59 Å². The van der Waals surface area contributed by atoms with Gasteiger partial charge in [0.15, 0.2) is 0 Å². The minimum Gasteiger partial charge on any atom is -0.369 e. The molecule has 0 saturated carbocycles. The highest BCUT2D eigenvalue weighted by Gasteiger charge is 2.44. The Morgan fingerprint density at radius 2 is 1.71 bits per heavy atom. The Morgan fingerprint density at radius 3 is 2.39 bits per heavy atom. The fourth-order valence-electron chi connectivity index (χ4n) is 4.61. The van der Waals surface area contributed by atoms with Crippen LogP contribution in [-0.4, -0.2) is 72.2 Å². The summed E-state index contributed by atoms with van der Waals surface area (Å²) in [5.41, 5.74) is 1.59. The maximum Gasteiger partial charge on any atom is 0.262 e. The third-order valence-corrected chi connectivity index (χ3v) is 6.42. The van der Waals surface area contributed by atoms with Gasteiger partial charge in [0, 0.05) is 38.3 Å². The highest BCUT2D eigenvalue weighted by molar-refractivity contribution is 6.23. The monoisotopic (exact) mass is 426 g/mol. The SMILES string of the molecule is CC(C)CCCN1CCN(c2ccc3c(c2)C(=O)N(C2CCC(=O)NC2=O)C3=O)CC1. The number of hydrogen-bond donors (Lipinski definition) is 1. The summed E-state index contributed by atoms with van der Waals surface area (Å²) in [5, 5.41) is 2.23. The molecule has 1 atom stereocenters. The zero-order valence-corrected chi connectivity index (χ0v) is 18.2. The molecule has 0 aromatic heterocycles. The Balaban J connectivity index is 1.42. The fraction of sp³-hybridized carbons (Fsp3) is 0.565. The van der Waals surface area contributed by atoms with Gasteiger partial charge in [-0.15, -0.1) is 0 Å². The van der Waals surface area contributed by atoms with Crippen molar-refractivity contribution in [1.29, 1.82) is 0 Å². The normalized spacial score (nSPS) is 22.4. The van der Waals surface area contributed by atoms with Crippen LogP contribution in [0.25, 0.3) is 0 Å². The average Bonchev–Trinajstić information content (AvgIpc) is 2.98. The predicted molar refractivity (Wildman–Crippen MR) is 116 cm³/mol. The minimum absolute atomic E-state index is 0.122. The van der Waals surface area contributed by atoms with Gasteiger partial charge in [0.2, 0.25) is 11.8 Å². The van der Waals surface area contributed by atoms with E-state index in [9.17, 15) is 19.2 Å². The Kier molecular flexibility index (Phi) is 6.09. The molecule has 4 amide bonds. The lowest BCUT2D eigenvalue weighted by Crippen LogP contribution is -2.54. The molecule has 1 N–H and O–H groups in total. The molecular formula is C23H30N4O4. The van der Waals surface area contributed by atoms with Crippen molar-refractivity contribution in [3.8, 4) is 0 Å². The Labute approximate surface area is 182 Å². The van der Waals surface area contributed by atoms with Gasteiger partial charge in [-0.25, -0.2) is 0 Å². The number of anilines is 1. The van der Waals surface area contributed by atoms with Crippen LogP contribution in [0.5, 0.6) is 0 Å². The number of fused-ring (bicyclic) bond motifs is 1. The predicted octanol–water partition coefficient (Wildman–Crippen LogP) is 1.65. The van der Waals surface area contributed by atoms with Crippen LogP contribution >= 0.6 is 0 Å². The van der Waals surface area contributed by atoms with Gasteiger partial charge in [0.1, 0.15) is 6.04 Å². The molecule has 0 bridgehead atoms. The molecule has 1 unspecified atom stereocenters. The lowest BCUT2D eigenvalue weighted by atomic mass is 10.0. The first kappa shape index (κ1) is 21.5. The van der Waals surface area contributed by atoms with Gasteiger partial charge in [-0.05, 0) is 49.9 Å². The molecule has 31 heavy (non-hydrogen) atoms. The Bertz CT molecular complexity index is 905. The fourth-order valence-corrected chi connectivity index (χ4v) is 4.61. The van der Waals surface area contributed by atoms with Crippen molar-refractivity contribution in [2.24, 2.45) is 5.92 Å². The van der Waals surface area contributed by atoms with E-state index in [0.717, 1.165) is 49.2 Å². The first-order chi connectivity index (χ1) is 14.8. The molecule has 4 rings (SSSR count). The lowest BCUT2D eigenvalue weighted by Gasteiger charge is -2.36. The maximum atomic E-state index is 13.0. The van der Waals surface area contributed by atoms with E-state index in [4.69, 9.17) is 0 Å². The molecule has 166 valence electrons. The molecule has 8 nitrogen and oxygen atoms in total. The zero-order chi connectivity index (χ0) is 22.1. The quantitative estimate of drug-likeness (QED) is 0.696. The summed E-state index contributed by atoms with van der Waals surface area (Å²) in [6, 6.07) is 4.41. The highest BCUT2D eigenvalue weighted by Crippen LogP contribution is 2.31. The summed E-state index contributed by atoms with van der Waals surface area (Å²) in [6.07, 6.45) is 2.74. The second-order valence-electron chi connectivity index (χ2n) is 9.04. The van der Waals surface area contributed by atoms with E-state index in [2.05, 4.69) is 29.0 Å². The number of nitrogens with zero attached hydrogens (tertiary/aromatic N) is 3. The van der Waals surface area contributed by atoms with Crippen LogP contribution in [0.2, 0.25) is 0 Å². The second kappa shape index (κ2) is 8.78. The van der Waals surface area contributed by atoms with Crippen LogP contribution < -0.4 is 10.2 Å². The third-order valence-electron chi connectivity index (χ3n) is 6.42. The lowest BCUT2D eigenvalue weighted by molar-refractivity contribution is -0.136. The summed E-state index contributed by atoms with van der Waals surface area (Å²) in [7, 11) is 0. The molecule has 1 aromatic carbocycles. The van der Waals surface area contributed by atoms with E-state index in [1.807, 2.05) is 6.07 Å². The number of hydrogen-bond acceptors (Lipinski definition) is 6. The summed E-state index contributed by atoms with van der Waals surface area (Å²) in [6.45, 7) is 9.32. The second-order valence-corrected chi connectivity index (χ2v) is 9.04. The number of piperidine rings is 1. The largest absolute Gasteiger partial charge is 0.369 e. The van der Waals surface area contributed by atoms with E-state index >= 15 is 0 Å². The van der Waals surface area contributed by atoms with Gasteiger partial charge in [0.25, 0.3) is 11.8 Å². The van der Waals surface area contributed by atoms with E-state index in [1.165, 1.54) is 12.8 Å². The molecule has 3 heterocycles. The Morgan fingerprint density at radius 1 is 1.00 bits per heavy atom. The minimum atomic E-state index is -0.928. The number of carbonyl (C=O) groups excluding carboxylic acids is 4. The van der Waals surface area contributed by atoms with E-state index in [1.54, 1.807) is 12.1 Å². The van der Waals surface area contributed by atoms with Gasteiger partial charge in [-0.3, -0.25) is 34.3 Å². The molecule has 1 aromatic rings. The van der Waals surface area contributed by atoms with Crippen molar-refractivity contribution in [2.75, 3.05) is 37.6 Å². The summed E-state index contributed by atoms with van der Waals surface area (Å²) in [4.78, 5) is 55.2. The average molecular weight is 427 g/mol. The van der Waals surface area contributed by atoms with Crippen LogP contribution in [0.4, 0.5) is 5.69 Å². The smallest absolute Gasteiger partial charge is 0.262 e. The molecule has 0 radical (unpaired) electrons. The van der Waals surface area contributed by atoms with Crippen LogP contribution in [0.15, 0.2) is 18.2 Å². The number of carbonyl (C=O) groups is 4. The molecule has 2 saturated heterocycles. The molecule has 0 aliphatic carbocycles. The van der Waals surface area contributed by atoms with Crippen LogP contribution in [0.1, 0.15) is 60.2 Å².